The van der Waals surface area contributed by atoms with E-state index in [1.165, 1.54) is 0 Å². The molecule has 1 aliphatic rings. The van der Waals surface area contributed by atoms with E-state index in [9.17, 15) is 9.59 Å². The number of rotatable bonds is 8. The van der Waals surface area contributed by atoms with E-state index in [4.69, 9.17) is 9.84 Å². The molecule has 0 aromatic carbocycles. The van der Waals surface area contributed by atoms with Gasteiger partial charge in [0.2, 0.25) is 0 Å². The first-order valence-electron chi connectivity index (χ1n) is 7.48. The molecule has 1 rings (SSSR count). The fourth-order valence-corrected chi connectivity index (χ4v) is 2.37. The summed E-state index contributed by atoms with van der Waals surface area (Å²) in [6.07, 6.45) is 5.06. The van der Waals surface area contributed by atoms with Crippen molar-refractivity contribution < 1.29 is 19.4 Å². The van der Waals surface area contributed by atoms with E-state index in [-0.39, 0.29) is 18.0 Å². The van der Waals surface area contributed by atoms with Gasteiger partial charge in [0.25, 0.3) is 0 Å². The quantitative estimate of drug-likeness (QED) is 0.593. The summed E-state index contributed by atoms with van der Waals surface area (Å²) in [4.78, 5) is 22.6. The van der Waals surface area contributed by atoms with Gasteiger partial charge in [-0.3, -0.25) is 4.79 Å². The Labute approximate surface area is 120 Å². The molecule has 2 atom stereocenters. The number of carbonyl (C=O) groups is 2. The van der Waals surface area contributed by atoms with E-state index >= 15 is 0 Å². The topological polar surface area (TPSA) is 87.7 Å². The number of carbonyl (C=O) groups excluding carboxylic acids is 1. The van der Waals surface area contributed by atoms with Gasteiger partial charge in [-0.15, -0.1) is 0 Å². The van der Waals surface area contributed by atoms with Crippen molar-refractivity contribution in [1.82, 2.24) is 10.6 Å². The highest BCUT2D eigenvalue weighted by Crippen LogP contribution is 2.24. The minimum absolute atomic E-state index is 0.0362. The second-order valence-corrected chi connectivity index (χ2v) is 5.26. The van der Waals surface area contributed by atoms with Crippen LogP contribution in [0.1, 0.15) is 45.4 Å². The Morgan fingerprint density at radius 3 is 2.80 bits per heavy atom. The molecular weight excluding hydrogens is 260 g/mol. The van der Waals surface area contributed by atoms with E-state index in [1.807, 2.05) is 0 Å². The molecule has 0 aromatic heterocycles. The van der Waals surface area contributed by atoms with E-state index in [0.717, 1.165) is 32.3 Å². The van der Waals surface area contributed by atoms with Crippen LogP contribution in [0, 0.1) is 5.92 Å². The van der Waals surface area contributed by atoms with Gasteiger partial charge >= 0.3 is 12.0 Å². The average molecular weight is 286 g/mol. The molecule has 0 aliphatic heterocycles. The summed E-state index contributed by atoms with van der Waals surface area (Å²) >= 11 is 0. The number of nitrogens with one attached hydrogen (secondary N) is 2. The van der Waals surface area contributed by atoms with Crippen LogP contribution >= 0.6 is 0 Å². The zero-order chi connectivity index (χ0) is 14.8. The number of urea groups is 1. The standard InChI is InChI=1S/C14H26N2O4/c1-2-3-8-20-9-7-15-14(19)16-12-6-4-5-11(10-12)13(17)18/h11-12H,2-10H2,1H3,(H,17,18)(H2,15,16,19). The van der Waals surface area contributed by atoms with E-state index in [1.54, 1.807) is 0 Å². The molecular formula is C14H26N2O4. The summed E-state index contributed by atoms with van der Waals surface area (Å²) in [6.45, 7) is 3.81. The minimum atomic E-state index is -0.763. The van der Waals surface area contributed by atoms with Crippen LogP contribution in [0.5, 0.6) is 0 Å². The van der Waals surface area contributed by atoms with Gasteiger partial charge < -0.3 is 20.5 Å². The smallest absolute Gasteiger partial charge is 0.315 e. The largest absolute Gasteiger partial charge is 0.481 e. The Morgan fingerprint density at radius 2 is 2.10 bits per heavy atom. The van der Waals surface area contributed by atoms with Crippen LogP contribution in [0.4, 0.5) is 4.79 Å². The van der Waals surface area contributed by atoms with Gasteiger partial charge in [-0.05, 0) is 25.7 Å². The first kappa shape index (κ1) is 16.8. The van der Waals surface area contributed by atoms with Gasteiger partial charge in [-0.1, -0.05) is 19.8 Å². The minimum Gasteiger partial charge on any atom is -0.481 e. The lowest BCUT2D eigenvalue weighted by molar-refractivity contribution is -0.143. The Bertz CT molecular complexity index is 310. The van der Waals surface area contributed by atoms with Crippen molar-refractivity contribution in [1.29, 1.82) is 0 Å². The fraction of sp³-hybridized carbons (Fsp3) is 0.857. The molecule has 0 saturated heterocycles. The zero-order valence-electron chi connectivity index (χ0n) is 12.2. The van der Waals surface area contributed by atoms with Gasteiger partial charge in [-0.2, -0.15) is 0 Å². The summed E-state index contributed by atoms with van der Waals surface area (Å²) in [7, 11) is 0. The van der Waals surface area contributed by atoms with E-state index in [0.29, 0.717) is 26.0 Å². The maximum atomic E-state index is 11.7. The molecule has 20 heavy (non-hydrogen) atoms. The lowest BCUT2D eigenvalue weighted by Crippen LogP contribution is -2.45. The van der Waals surface area contributed by atoms with E-state index < -0.39 is 5.97 Å². The summed E-state index contributed by atoms with van der Waals surface area (Å²) < 4.78 is 5.34. The molecule has 0 heterocycles. The van der Waals surface area contributed by atoms with Gasteiger partial charge in [-0.25, -0.2) is 4.79 Å². The molecule has 2 amide bonds. The van der Waals surface area contributed by atoms with Gasteiger partial charge in [0.1, 0.15) is 0 Å². The molecule has 2 unspecified atom stereocenters. The lowest BCUT2D eigenvalue weighted by Gasteiger charge is -2.27. The number of carboxylic acids is 1. The van der Waals surface area contributed by atoms with Gasteiger partial charge in [0.05, 0.1) is 12.5 Å². The van der Waals surface area contributed by atoms with Crippen LogP contribution in [0.2, 0.25) is 0 Å². The molecule has 1 fully saturated rings. The van der Waals surface area contributed by atoms with Crippen molar-refractivity contribution in [3.05, 3.63) is 0 Å². The molecule has 116 valence electrons. The third-order valence-corrected chi connectivity index (χ3v) is 3.53. The highest BCUT2D eigenvalue weighted by Gasteiger charge is 2.27. The first-order chi connectivity index (χ1) is 9.63. The number of aliphatic carboxylic acids is 1. The van der Waals surface area contributed by atoms with Crippen LogP contribution in [0.15, 0.2) is 0 Å². The molecule has 0 spiro atoms. The number of carboxylic acid groups (broad SMARTS) is 1. The van der Waals surface area contributed by atoms with Crippen LogP contribution in [0.3, 0.4) is 0 Å². The fourth-order valence-electron chi connectivity index (χ4n) is 2.37. The average Bonchev–Trinajstić information content (AvgIpc) is 2.43. The second kappa shape index (κ2) is 9.58. The third-order valence-electron chi connectivity index (χ3n) is 3.53. The second-order valence-electron chi connectivity index (χ2n) is 5.26. The summed E-state index contributed by atoms with van der Waals surface area (Å²) in [5.41, 5.74) is 0. The van der Waals surface area contributed by atoms with Crippen LogP contribution < -0.4 is 10.6 Å². The maximum Gasteiger partial charge on any atom is 0.315 e. The Hall–Kier alpha value is -1.30. The molecule has 1 saturated carbocycles. The first-order valence-corrected chi connectivity index (χ1v) is 7.48. The highest BCUT2D eigenvalue weighted by atomic mass is 16.5. The van der Waals surface area contributed by atoms with Crippen molar-refractivity contribution in [2.45, 2.75) is 51.5 Å². The predicted molar refractivity (Wildman–Crippen MR) is 75.6 cm³/mol. The Morgan fingerprint density at radius 1 is 1.30 bits per heavy atom. The van der Waals surface area contributed by atoms with Crippen molar-refractivity contribution in [3.8, 4) is 0 Å². The molecule has 6 nitrogen and oxygen atoms in total. The molecule has 0 aromatic rings. The molecule has 3 N–H and O–H groups in total. The third kappa shape index (κ3) is 6.75. The van der Waals surface area contributed by atoms with E-state index in [2.05, 4.69) is 17.6 Å². The number of ether oxygens (including phenoxy) is 1. The number of hydrogen-bond acceptors (Lipinski definition) is 3. The lowest BCUT2D eigenvalue weighted by atomic mass is 9.86. The number of unbranched alkanes of at least 4 members (excludes halogenated alkanes) is 1. The summed E-state index contributed by atoms with van der Waals surface area (Å²) in [5, 5.41) is 14.6. The Kier molecular flexibility index (Phi) is 8.02. The summed E-state index contributed by atoms with van der Waals surface area (Å²) in [5.74, 6) is -1.09. The number of amides is 2. The van der Waals surface area contributed by atoms with Crippen molar-refractivity contribution >= 4 is 12.0 Å². The maximum absolute atomic E-state index is 11.7. The monoisotopic (exact) mass is 286 g/mol. The highest BCUT2D eigenvalue weighted by molar-refractivity contribution is 5.74. The summed E-state index contributed by atoms with van der Waals surface area (Å²) in [6, 6.07) is -0.272. The molecule has 0 radical (unpaired) electrons. The SMILES string of the molecule is CCCCOCCNC(=O)NC1CCCC(C(=O)O)C1. The molecule has 6 heteroatoms. The predicted octanol–water partition coefficient (Wildman–Crippen LogP) is 1.75. The number of hydrogen-bond donors (Lipinski definition) is 3. The van der Waals surface area contributed by atoms with Crippen LogP contribution in [0.25, 0.3) is 0 Å². The van der Waals surface area contributed by atoms with Gasteiger partial charge in [0.15, 0.2) is 0 Å². The van der Waals surface area contributed by atoms with Crippen molar-refractivity contribution in [2.24, 2.45) is 5.92 Å². The van der Waals surface area contributed by atoms with Crippen molar-refractivity contribution in [3.63, 3.8) is 0 Å². The van der Waals surface area contributed by atoms with Crippen molar-refractivity contribution in [2.75, 3.05) is 19.8 Å². The zero-order valence-corrected chi connectivity index (χ0v) is 12.2. The van der Waals surface area contributed by atoms with Crippen LogP contribution in [-0.2, 0) is 9.53 Å². The van der Waals surface area contributed by atoms with Crippen LogP contribution in [-0.4, -0.2) is 42.9 Å². The molecule has 1 aliphatic carbocycles. The van der Waals surface area contributed by atoms with Gasteiger partial charge in [0, 0.05) is 19.2 Å². The molecule has 0 bridgehead atoms. The Balaban J connectivity index is 2.10. The normalized spacial score (nSPS) is 22.2.